The number of hydrogen-bond donors (Lipinski definition) is 1. The third-order valence-corrected chi connectivity index (χ3v) is 6.35. The molecule has 134 valence electrons. The molecule has 1 aromatic carbocycles. The van der Waals surface area contributed by atoms with Crippen LogP contribution in [-0.4, -0.2) is 36.4 Å². The zero-order valence-electron chi connectivity index (χ0n) is 14.2. The van der Waals surface area contributed by atoms with Crippen molar-refractivity contribution in [3.63, 3.8) is 0 Å². The highest BCUT2D eigenvalue weighted by atomic mass is 32.2. The molecule has 0 bridgehead atoms. The number of nitrogens with zero attached hydrogens (tertiary/aromatic N) is 2. The van der Waals surface area contributed by atoms with E-state index in [-0.39, 0.29) is 16.6 Å². The molecular weight excluding hydrogens is 342 g/mol. The third kappa shape index (κ3) is 3.74. The maximum Gasteiger partial charge on any atom is 0.277 e. The number of rotatable bonds is 4. The molecule has 0 aliphatic carbocycles. The van der Waals surface area contributed by atoms with Crippen LogP contribution < -0.4 is 5.32 Å². The molecule has 1 amide bonds. The molecule has 3 rings (SSSR count). The normalized spacial score (nSPS) is 18.9. The predicted octanol–water partition coefficient (Wildman–Crippen LogP) is 2.80. The topological polar surface area (TPSA) is 92.5 Å². The Hall–Kier alpha value is -2.19. The molecule has 1 saturated heterocycles. The number of anilines is 1. The van der Waals surface area contributed by atoms with Gasteiger partial charge in [0.1, 0.15) is 5.76 Å². The number of carbonyl (C=O) groups excluding carboxylic acids is 1. The van der Waals surface area contributed by atoms with E-state index in [4.69, 9.17) is 4.52 Å². The Labute approximate surface area is 147 Å². The smallest absolute Gasteiger partial charge is 0.277 e. The molecule has 1 fully saturated rings. The number of aryl methyl sites for hydroxylation is 1. The molecule has 7 nitrogen and oxygen atoms in total. The van der Waals surface area contributed by atoms with Crippen molar-refractivity contribution in [3.05, 3.63) is 41.8 Å². The lowest BCUT2D eigenvalue weighted by Gasteiger charge is -2.32. The number of sulfonamides is 1. The van der Waals surface area contributed by atoms with Crippen molar-refractivity contribution in [2.24, 2.45) is 0 Å². The van der Waals surface area contributed by atoms with Crippen molar-refractivity contribution in [2.75, 3.05) is 11.9 Å². The number of carbonyl (C=O) groups is 1. The quantitative estimate of drug-likeness (QED) is 0.902. The van der Waals surface area contributed by atoms with Crippen LogP contribution in [0.2, 0.25) is 0 Å². The summed E-state index contributed by atoms with van der Waals surface area (Å²) in [5.41, 5.74) is 0.674. The van der Waals surface area contributed by atoms with E-state index >= 15 is 0 Å². The van der Waals surface area contributed by atoms with Crippen LogP contribution in [0.4, 0.5) is 5.69 Å². The highest BCUT2D eigenvalue weighted by Gasteiger charge is 2.30. The second-order valence-corrected chi connectivity index (χ2v) is 8.15. The van der Waals surface area contributed by atoms with Crippen LogP contribution >= 0.6 is 0 Å². The van der Waals surface area contributed by atoms with Crippen molar-refractivity contribution in [2.45, 2.75) is 44.0 Å². The molecule has 1 atom stereocenters. The summed E-state index contributed by atoms with van der Waals surface area (Å²) in [5, 5.41) is 6.32. The minimum absolute atomic E-state index is 0.00790. The van der Waals surface area contributed by atoms with Gasteiger partial charge < -0.3 is 9.84 Å². The summed E-state index contributed by atoms with van der Waals surface area (Å²) in [6, 6.07) is 7.72. The molecule has 0 radical (unpaired) electrons. The van der Waals surface area contributed by atoms with Gasteiger partial charge in [-0.3, -0.25) is 4.79 Å². The van der Waals surface area contributed by atoms with Gasteiger partial charge in [-0.05, 0) is 51.0 Å². The zero-order chi connectivity index (χ0) is 18.0. The first-order valence-corrected chi connectivity index (χ1v) is 9.68. The third-order valence-electron chi connectivity index (χ3n) is 4.32. The molecule has 0 unspecified atom stereocenters. The molecule has 0 spiro atoms. The summed E-state index contributed by atoms with van der Waals surface area (Å²) in [7, 11) is -3.51. The molecular formula is C17H21N3O4S. The van der Waals surface area contributed by atoms with Gasteiger partial charge in [0.15, 0.2) is 5.69 Å². The van der Waals surface area contributed by atoms with Crippen molar-refractivity contribution < 1.29 is 17.7 Å². The van der Waals surface area contributed by atoms with E-state index in [0.29, 0.717) is 18.0 Å². The Morgan fingerprint density at radius 2 is 2.00 bits per heavy atom. The first-order valence-electron chi connectivity index (χ1n) is 8.24. The summed E-state index contributed by atoms with van der Waals surface area (Å²) in [6.07, 6.45) is 2.82. The Morgan fingerprint density at radius 1 is 1.28 bits per heavy atom. The van der Waals surface area contributed by atoms with Crippen LogP contribution in [0.3, 0.4) is 0 Å². The zero-order valence-corrected chi connectivity index (χ0v) is 15.0. The van der Waals surface area contributed by atoms with Gasteiger partial charge in [-0.25, -0.2) is 8.42 Å². The van der Waals surface area contributed by atoms with Crippen molar-refractivity contribution in [1.82, 2.24) is 9.46 Å². The first kappa shape index (κ1) is 17.6. The van der Waals surface area contributed by atoms with Gasteiger partial charge in [0.05, 0.1) is 4.90 Å². The largest absolute Gasteiger partial charge is 0.361 e. The van der Waals surface area contributed by atoms with Crippen LogP contribution in [0.15, 0.2) is 39.8 Å². The second-order valence-electron chi connectivity index (χ2n) is 6.26. The molecule has 1 N–H and O–H groups in total. The molecule has 1 aliphatic rings. The van der Waals surface area contributed by atoms with E-state index in [1.165, 1.54) is 18.2 Å². The van der Waals surface area contributed by atoms with E-state index in [1.54, 1.807) is 23.4 Å². The minimum Gasteiger partial charge on any atom is -0.361 e. The van der Waals surface area contributed by atoms with Crippen molar-refractivity contribution in [1.29, 1.82) is 0 Å². The first-order chi connectivity index (χ1) is 11.9. The molecule has 25 heavy (non-hydrogen) atoms. The second kappa shape index (κ2) is 6.97. The van der Waals surface area contributed by atoms with Crippen LogP contribution in [0, 0.1) is 6.92 Å². The number of nitrogens with one attached hydrogen (secondary N) is 1. The van der Waals surface area contributed by atoms with Crippen molar-refractivity contribution in [3.8, 4) is 0 Å². The lowest BCUT2D eigenvalue weighted by Crippen LogP contribution is -2.41. The van der Waals surface area contributed by atoms with E-state index < -0.39 is 15.9 Å². The van der Waals surface area contributed by atoms with Gasteiger partial charge in [-0.2, -0.15) is 4.31 Å². The molecule has 2 heterocycles. The fourth-order valence-electron chi connectivity index (χ4n) is 2.94. The number of benzene rings is 1. The fourth-order valence-corrected chi connectivity index (χ4v) is 4.64. The molecule has 8 heteroatoms. The molecule has 0 saturated carbocycles. The summed E-state index contributed by atoms with van der Waals surface area (Å²) < 4.78 is 32.0. The standard InChI is InChI=1S/C17H21N3O4S/c1-12-5-3-4-10-20(12)25(22,23)15-8-6-14(7-9-15)18-17(21)16-11-13(2)24-19-16/h6-9,11-12H,3-5,10H2,1-2H3,(H,18,21)/t12-/m1/s1. The summed E-state index contributed by atoms with van der Waals surface area (Å²) >= 11 is 0. The average Bonchev–Trinajstić information content (AvgIpc) is 3.02. The van der Waals surface area contributed by atoms with Gasteiger partial charge >= 0.3 is 0 Å². The van der Waals surface area contributed by atoms with Crippen LogP contribution in [-0.2, 0) is 10.0 Å². The monoisotopic (exact) mass is 363 g/mol. The Kier molecular flexibility index (Phi) is 4.91. The highest BCUT2D eigenvalue weighted by molar-refractivity contribution is 7.89. The Bertz CT molecular complexity index is 858. The highest BCUT2D eigenvalue weighted by Crippen LogP contribution is 2.26. The number of amides is 1. The number of aromatic nitrogens is 1. The van der Waals surface area contributed by atoms with Gasteiger partial charge in [0, 0.05) is 24.3 Å². The fraction of sp³-hybridized carbons (Fsp3) is 0.412. The maximum absolute atomic E-state index is 12.8. The molecule has 2 aromatic rings. The SMILES string of the molecule is Cc1cc(C(=O)Nc2ccc(S(=O)(=O)N3CCCC[C@H]3C)cc2)no1. The lowest BCUT2D eigenvalue weighted by atomic mass is 10.1. The predicted molar refractivity (Wildman–Crippen MR) is 92.8 cm³/mol. The van der Waals surface area contributed by atoms with Gasteiger partial charge in [0.2, 0.25) is 10.0 Å². The average molecular weight is 363 g/mol. The minimum atomic E-state index is -3.51. The number of hydrogen-bond acceptors (Lipinski definition) is 5. The Morgan fingerprint density at radius 3 is 2.60 bits per heavy atom. The van der Waals surface area contributed by atoms with Crippen LogP contribution in [0.25, 0.3) is 0 Å². The van der Waals surface area contributed by atoms with E-state index in [0.717, 1.165) is 19.3 Å². The van der Waals surface area contributed by atoms with E-state index in [9.17, 15) is 13.2 Å². The summed E-state index contributed by atoms with van der Waals surface area (Å²) in [4.78, 5) is 12.3. The maximum atomic E-state index is 12.8. The van der Waals surface area contributed by atoms with Crippen LogP contribution in [0.5, 0.6) is 0 Å². The van der Waals surface area contributed by atoms with Gasteiger partial charge in [-0.15, -0.1) is 0 Å². The number of piperidine rings is 1. The van der Waals surface area contributed by atoms with Gasteiger partial charge in [-0.1, -0.05) is 11.6 Å². The van der Waals surface area contributed by atoms with Gasteiger partial charge in [0.25, 0.3) is 5.91 Å². The lowest BCUT2D eigenvalue weighted by molar-refractivity contribution is 0.101. The summed E-state index contributed by atoms with van der Waals surface area (Å²) in [5.74, 6) is 0.138. The molecule has 1 aromatic heterocycles. The molecule has 1 aliphatic heterocycles. The summed E-state index contributed by atoms with van der Waals surface area (Å²) in [6.45, 7) is 4.18. The van der Waals surface area contributed by atoms with E-state index in [2.05, 4.69) is 10.5 Å². The van der Waals surface area contributed by atoms with E-state index in [1.807, 2.05) is 6.92 Å². The van der Waals surface area contributed by atoms with Crippen molar-refractivity contribution >= 4 is 21.6 Å². The Balaban J connectivity index is 1.74. The van der Waals surface area contributed by atoms with Crippen LogP contribution in [0.1, 0.15) is 42.4 Å².